The summed E-state index contributed by atoms with van der Waals surface area (Å²) in [5.74, 6) is 0.256. The van der Waals surface area contributed by atoms with Gasteiger partial charge in [-0.25, -0.2) is 9.69 Å². The number of Topliss-reactive ketones (excluding diaryl/α,β-unsaturated/α-hetero) is 2. The molecule has 2 fully saturated rings. The van der Waals surface area contributed by atoms with E-state index in [9.17, 15) is 14.7 Å². The van der Waals surface area contributed by atoms with Crippen molar-refractivity contribution < 1.29 is 41.5 Å². The van der Waals surface area contributed by atoms with Gasteiger partial charge in [-0.3, -0.25) is 0 Å². The molecule has 0 aromatic heterocycles. The van der Waals surface area contributed by atoms with E-state index in [4.69, 9.17) is 42.1 Å². The Morgan fingerprint density at radius 1 is 0.816 bits per heavy atom. The summed E-state index contributed by atoms with van der Waals surface area (Å²) in [4.78, 5) is 31.5. The van der Waals surface area contributed by atoms with Crippen LogP contribution in [0.4, 0.5) is 0 Å². The van der Waals surface area contributed by atoms with Crippen molar-refractivity contribution in [1.82, 2.24) is 0 Å². The van der Waals surface area contributed by atoms with Crippen LogP contribution in [0.2, 0.25) is 0 Å². The lowest BCUT2D eigenvalue weighted by Gasteiger charge is -2.53. The zero-order valence-corrected chi connectivity index (χ0v) is 33.2. The average Bonchev–Trinajstić information content (AvgIpc) is 3.14. The Bertz CT molecular complexity index is 1160. The van der Waals surface area contributed by atoms with E-state index < -0.39 is 22.3 Å². The van der Waals surface area contributed by atoms with Crippen LogP contribution < -0.4 is 0 Å². The van der Waals surface area contributed by atoms with Crippen LogP contribution in [0.3, 0.4) is 0 Å². The number of allylic oxidation sites excluding steroid dienone is 2. The van der Waals surface area contributed by atoms with Gasteiger partial charge < -0.3 is 38.7 Å². The SMILES string of the molecule is CCOC.CO.COCCl.[3H]C.[3H]C.[C-]#[N+]C1=C[C@]2(C)[C@@H](O)CCC[C@H]2C(C)(C)C1=O.[C-]#[N+]C1=C[C@]2(C)[C@@H](OCOC)CCC[C@H]2C(C)(C)C1=O. The third-order valence-electron chi connectivity index (χ3n) is 10.1. The number of aliphatic hydroxyl groups is 2. The number of methoxy groups -OCH3 is 3. The van der Waals surface area contributed by atoms with Crippen molar-refractivity contribution in [3.8, 4) is 0 Å². The van der Waals surface area contributed by atoms with Crippen molar-refractivity contribution in [3.05, 3.63) is 46.4 Å². The van der Waals surface area contributed by atoms with Gasteiger partial charge in [0, 0.05) is 59.4 Å². The van der Waals surface area contributed by atoms with Gasteiger partial charge >= 0.3 is 0 Å². The number of aliphatic hydroxyl groups excluding tert-OH is 2. The van der Waals surface area contributed by atoms with E-state index in [-0.39, 0.29) is 53.1 Å². The lowest BCUT2D eigenvalue weighted by atomic mass is 9.52. The summed E-state index contributed by atoms with van der Waals surface area (Å²) < 4.78 is 31.2. The smallest absolute Gasteiger partial charge is 0.226 e. The van der Waals surface area contributed by atoms with E-state index in [0.29, 0.717) is 6.07 Å². The fraction of sp³-hybridized carbons (Fsp3) is 0.789. The first-order chi connectivity index (χ1) is 24.0. The zero-order chi connectivity index (χ0) is 40.6. The molecule has 2 saturated carbocycles. The number of halogens is 1. The van der Waals surface area contributed by atoms with Crippen molar-refractivity contribution in [2.75, 3.05) is 47.9 Å². The Morgan fingerprint density at radius 2 is 1.20 bits per heavy atom. The first-order valence-electron chi connectivity index (χ1n) is 18.1. The molecule has 4 aliphatic carbocycles. The number of nitrogens with zero attached hydrogens (tertiary/aromatic N) is 2. The second-order valence-corrected chi connectivity index (χ2v) is 13.9. The minimum absolute atomic E-state index is 0.00493. The minimum atomic E-state index is -0.537. The summed E-state index contributed by atoms with van der Waals surface area (Å²) >= 11 is 4.96. The number of carbonyl (C=O) groups is 2. The highest BCUT2D eigenvalue weighted by Crippen LogP contribution is 2.57. The molecule has 0 aromatic carbocycles. The monoisotopic (exact) mass is 718 g/mol. The molecule has 0 radical (unpaired) electrons. The first kappa shape index (κ1) is 46.9. The molecule has 0 saturated heterocycles. The molecule has 0 amide bonds. The summed E-state index contributed by atoms with van der Waals surface area (Å²) in [5.41, 5.74) is -1.26. The fourth-order valence-electron chi connectivity index (χ4n) is 7.67. The number of rotatable bonds is 5. The fourth-order valence-corrected chi connectivity index (χ4v) is 7.67. The van der Waals surface area contributed by atoms with Crippen molar-refractivity contribution in [2.45, 2.75) is 114 Å². The standard InChI is InChI=1S/C16H23NO3.C14H19NO2.C3H8O.C2H5ClO.CH4O.2CH4/c1-15(2)12-7-6-8-13(20-10-19-5)16(12,3)9-11(17-4)14(15)18;1-13(2)10-6-5-7-11(16)14(10,3)8-9(15-4)12(13)17;1-3-4-2;1-4-2-3;1-2;;/h9,12-13H,6-8,10H2,1-3,5H3;8,10-11,16H,5-7H2,1-3H3;3H2,1-2H3;2H2,1H3;2H,1H3;2*1H4/t12-,13-,16-;10-,11-,14-;;;;;/m00...../s1/i;;;;;2*1T. The molecule has 4 rings (SSSR count). The molecule has 49 heavy (non-hydrogen) atoms. The molecule has 0 heterocycles. The topological polar surface area (TPSA) is 120 Å². The minimum Gasteiger partial charge on any atom is -0.400 e. The first-order valence-corrected chi connectivity index (χ1v) is 16.7. The number of hydrogen-bond acceptors (Lipinski definition) is 8. The summed E-state index contributed by atoms with van der Waals surface area (Å²) in [6.45, 7) is 29.3. The Morgan fingerprint density at radius 3 is 1.57 bits per heavy atom. The molecule has 6 atom stereocenters. The molecule has 284 valence electrons. The Kier molecular flexibility index (Phi) is 22.3. The van der Waals surface area contributed by atoms with Gasteiger partial charge in [-0.1, -0.05) is 92.9 Å². The number of ketones is 2. The predicted molar refractivity (Wildman–Crippen MR) is 197 cm³/mol. The average molecular weight is 719 g/mol. The number of hydrogen-bond donors (Lipinski definition) is 2. The number of alkyl halides is 1. The van der Waals surface area contributed by atoms with Gasteiger partial charge in [0.2, 0.25) is 11.4 Å². The van der Waals surface area contributed by atoms with Crippen LogP contribution in [-0.2, 0) is 28.5 Å². The lowest BCUT2D eigenvalue weighted by Crippen LogP contribution is -2.54. The predicted octanol–water partition coefficient (Wildman–Crippen LogP) is 8.12. The number of fused-ring (bicyclic) bond motifs is 2. The van der Waals surface area contributed by atoms with Gasteiger partial charge in [0.25, 0.3) is 0 Å². The molecule has 10 nitrogen and oxygen atoms in total. The van der Waals surface area contributed by atoms with Crippen LogP contribution >= 0.6 is 11.6 Å². The highest BCUT2D eigenvalue weighted by Gasteiger charge is 2.56. The van der Waals surface area contributed by atoms with E-state index in [0.717, 1.165) is 52.2 Å². The summed E-state index contributed by atoms with van der Waals surface area (Å²) in [6, 6.07) is 0.292. The number of ether oxygens (including phenoxy) is 4. The molecule has 11 heteroatoms. The molecule has 0 bridgehead atoms. The van der Waals surface area contributed by atoms with E-state index in [2.05, 4.69) is 26.1 Å². The van der Waals surface area contributed by atoms with Gasteiger partial charge in [-0.15, -0.1) is 0 Å². The van der Waals surface area contributed by atoms with E-state index in [1.807, 2.05) is 47.6 Å². The maximum Gasteiger partial charge on any atom is 0.226 e. The van der Waals surface area contributed by atoms with Crippen molar-refractivity contribution in [1.29, 1.82) is 0 Å². The quantitative estimate of drug-likeness (QED) is 0.166. The largest absolute Gasteiger partial charge is 0.400 e. The van der Waals surface area contributed by atoms with E-state index >= 15 is 0 Å². The third-order valence-corrected chi connectivity index (χ3v) is 10.4. The Labute approximate surface area is 306 Å². The van der Waals surface area contributed by atoms with Crippen LogP contribution in [0.1, 0.15) is 105 Å². The normalized spacial score (nSPS) is 30.2. The molecule has 0 spiro atoms. The molecule has 2 N–H and O–H groups in total. The molecule has 0 aromatic rings. The summed E-state index contributed by atoms with van der Waals surface area (Å²) in [6.07, 6.45) is 8.82. The highest BCUT2D eigenvalue weighted by atomic mass is 35.5. The van der Waals surface area contributed by atoms with Crippen LogP contribution in [0.25, 0.3) is 9.69 Å². The van der Waals surface area contributed by atoms with Gasteiger partial charge in [-0.05, 0) is 44.4 Å². The van der Waals surface area contributed by atoms with Crippen LogP contribution in [0, 0.1) is 46.6 Å². The lowest BCUT2D eigenvalue weighted by molar-refractivity contribution is -0.157. The van der Waals surface area contributed by atoms with Crippen LogP contribution in [0.5, 0.6) is 0 Å². The van der Waals surface area contributed by atoms with Gasteiger partial charge in [0.15, 0.2) is 11.6 Å². The number of carbonyl (C=O) groups excluding carboxylic acids is 2. The van der Waals surface area contributed by atoms with Crippen molar-refractivity contribution in [3.63, 3.8) is 0 Å². The molecule has 0 aliphatic heterocycles. The van der Waals surface area contributed by atoms with Gasteiger partial charge in [0.1, 0.15) is 12.9 Å². The summed E-state index contributed by atoms with van der Waals surface area (Å²) in [5, 5.41) is 17.2. The second kappa shape index (κ2) is 23.3. The maximum atomic E-state index is 12.4. The van der Waals surface area contributed by atoms with E-state index in [1.165, 1.54) is 14.8 Å². The van der Waals surface area contributed by atoms with Crippen LogP contribution in [0.15, 0.2) is 23.5 Å². The molecule has 4 aliphatic rings. The Balaban J connectivity index is -0.000000670. The molecular weight excluding hydrogens is 648 g/mol. The van der Waals surface area contributed by atoms with Crippen molar-refractivity contribution in [2.24, 2.45) is 33.5 Å². The third kappa shape index (κ3) is 12.0. The second-order valence-electron chi connectivity index (χ2n) is 13.6. The van der Waals surface area contributed by atoms with Gasteiger partial charge in [-0.2, -0.15) is 0 Å². The van der Waals surface area contributed by atoms with Crippen molar-refractivity contribution >= 4 is 23.2 Å². The highest BCUT2D eigenvalue weighted by molar-refractivity contribution is 6.17. The Hall–Kier alpha value is -2.15. The molecular formula is C38H67ClN2O8. The summed E-state index contributed by atoms with van der Waals surface area (Å²) in [7, 11) is 8.34. The maximum absolute atomic E-state index is 12.4. The zero-order valence-electron chi connectivity index (χ0n) is 34.4. The van der Waals surface area contributed by atoms with Gasteiger partial charge in [0.05, 0.1) is 25.4 Å². The molecule has 0 unspecified atom stereocenters. The van der Waals surface area contributed by atoms with E-state index in [1.54, 1.807) is 27.4 Å². The van der Waals surface area contributed by atoms with Crippen LogP contribution in [-0.4, -0.2) is 81.9 Å².